The molecule has 0 aliphatic carbocycles. The summed E-state index contributed by atoms with van der Waals surface area (Å²) >= 11 is 8.05. The van der Waals surface area contributed by atoms with E-state index in [1.807, 2.05) is 32.2 Å². The number of anilines is 1. The molecule has 1 spiro atoms. The molecule has 4 rings (SSSR count). The quantitative estimate of drug-likeness (QED) is 0.534. The average Bonchev–Trinajstić information content (AvgIpc) is 3.54. The largest absolute Gasteiger partial charge is 0.466 e. The molecule has 0 bridgehead atoms. The third-order valence-electron chi connectivity index (χ3n) is 6.46. The molecule has 2 unspecified atom stereocenters. The number of rotatable bonds is 7. The predicted molar refractivity (Wildman–Crippen MR) is 134 cm³/mol. The minimum atomic E-state index is -0.295. The summed E-state index contributed by atoms with van der Waals surface area (Å²) in [4.78, 5) is 29.0. The number of allylic oxidation sites excluding steroid dienone is 2. The van der Waals surface area contributed by atoms with E-state index in [-0.39, 0.29) is 23.0 Å². The Morgan fingerprint density at radius 2 is 2.21 bits per heavy atom. The summed E-state index contributed by atoms with van der Waals surface area (Å²) in [5.41, 5.74) is 2.00. The van der Waals surface area contributed by atoms with Gasteiger partial charge in [-0.3, -0.25) is 4.79 Å². The molecule has 3 heterocycles. The smallest absolute Gasteiger partial charge is 0.409 e. The fraction of sp³-hybridized carbons (Fsp3) is 0.500. The first-order valence-electron chi connectivity index (χ1n) is 11.5. The van der Waals surface area contributed by atoms with Gasteiger partial charge in [-0.2, -0.15) is 0 Å². The normalized spacial score (nSPS) is 23.6. The van der Waals surface area contributed by atoms with Gasteiger partial charge in [-0.15, -0.1) is 0 Å². The Hall–Kier alpha value is -2.52. The number of ether oxygens (including phenoxy) is 2. The SMILES string of the molecule is CC=C(NC1NC=C(CCC(=O)OCC)S1)N1CC2(CCN(C(=O)OC)C2)c2cc(Cl)ccc21. The van der Waals surface area contributed by atoms with Gasteiger partial charge in [0.05, 0.1) is 20.1 Å². The van der Waals surface area contributed by atoms with E-state index in [9.17, 15) is 9.59 Å². The number of fused-ring (bicyclic) bond motifs is 2. The van der Waals surface area contributed by atoms with Crippen molar-refractivity contribution in [1.29, 1.82) is 0 Å². The van der Waals surface area contributed by atoms with Crippen LogP contribution in [0, 0.1) is 0 Å². The maximum atomic E-state index is 12.2. The topological polar surface area (TPSA) is 83.1 Å². The summed E-state index contributed by atoms with van der Waals surface area (Å²) in [6.45, 7) is 6.21. The van der Waals surface area contributed by atoms with Crippen LogP contribution >= 0.6 is 23.4 Å². The maximum Gasteiger partial charge on any atom is 0.409 e. The first-order valence-corrected chi connectivity index (χ1v) is 12.8. The van der Waals surface area contributed by atoms with Crippen LogP contribution in [-0.4, -0.2) is 55.8 Å². The van der Waals surface area contributed by atoms with Crippen LogP contribution in [0.4, 0.5) is 10.5 Å². The molecule has 8 nitrogen and oxygen atoms in total. The zero-order chi connectivity index (χ0) is 24.3. The number of carbonyl (C=O) groups is 2. The van der Waals surface area contributed by atoms with Gasteiger partial charge in [0.1, 0.15) is 5.82 Å². The molecule has 34 heavy (non-hydrogen) atoms. The molecule has 0 saturated carbocycles. The van der Waals surface area contributed by atoms with Crippen LogP contribution in [0.5, 0.6) is 0 Å². The van der Waals surface area contributed by atoms with Crippen LogP contribution in [0.25, 0.3) is 0 Å². The van der Waals surface area contributed by atoms with Crippen molar-refractivity contribution >= 4 is 41.1 Å². The van der Waals surface area contributed by atoms with Crippen molar-refractivity contribution in [2.24, 2.45) is 0 Å². The van der Waals surface area contributed by atoms with Gasteiger partial charge >= 0.3 is 12.1 Å². The van der Waals surface area contributed by atoms with Crippen molar-refractivity contribution in [3.05, 3.63) is 51.8 Å². The highest BCUT2D eigenvalue weighted by Gasteiger charge is 2.49. The second kappa shape index (κ2) is 10.4. The Morgan fingerprint density at radius 3 is 2.94 bits per heavy atom. The number of esters is 1. The van der Waals surface area contributed by atoms with Crippen LogP contribution < -0.4 is 15.5 Å². The number of hydrogen-bond donors (Lipinski definition) is 2. The Labute approximate surface area is 209 Å². The second-order valence-corrected chi connectivity index (χ2v) is 10.2. The number of halogens is 1. The summed E-state index contributed by atoms with van der Waals surface area (Å²) in [5, 5.41) is 7.63. The minimum Gasteiger partial charge on any atom is -0.466 e. The van der Waals surface area contributed by atoms with E-state index in [2.05, 4.69) is 27.7 Å². The Balaban J connectivity index is 1.45. The first kappa shape index (κ1) is 24.6. The van der Waals surface area contributed by atoms with E-state index in [4.69, 9.17) is 21.1 Å². The third kappa shape index (κ3) is 4.95. The van der Waals surface area contributed by atoms with Gasteiger partial charge in [0.15, 0.2) is 5.50 Å². The zero-order valence-corrected chi connectivity index (χ0v) is 21.3. The zero-order valence-electron chi connectivity index (χ0n) is 19.7. The molecule has 1 aromatic rings. The van der Waals surface area contributed by atoms with Gasteiger partial charge in [-0.1, -0.05) is 23.4 Å². The number of carbonyl (C=O) groups excluding carboxylic acids is 2. The maximum absolute atomic E-state index is 12.2. The number of hydrogen-bond acceptors (Lipinski definition) is 8. The van der Waals surface area contributed by atoms with E-state index < -0.39 is 0 Å². The number of thioether (sulfide) groups is 1. The molecule has 3 aliphatic heterocycles. The van der Waals surface area contributed by atoms with Gasteiger partial charge in [0.25, 0.3) is 0 Å². The van der Waals surface area contributed by atoms with Crippen molar-refractivity contribution in [3.63, 3.8) is 0 Å². The van der Waals surface area contributed by atoms with Gasteiger partial charge in [0, 0.05) is 46.9 Å². The Bertz CT molecular complexity index is 1020. The van der Waals surface area contributed by atoms with Crippen molar-refractivity contribution in [1.82, 2.24) is 15.5 Å². The Kier molecular flexibility index (Phi) is 7.52. The molecule has 0 radical (unpaired) electrons. The summed E-state index contributed by atoms with van der Waals surface area (Å²) in [6, 6.07) is 5.99. The lowest BCUT2D eigenvalue weighted by Crippen LogP contribution is -2.43. The number of methoxy groups -OCH3 is 1. The number of amides is 1. The van der Waals surface area contributed by atoms with Crippen molar-refractivity contribution < 1.29 is 19.1 Å². The number of nitrogens with zero attached hydrogens (tertiary/aromatic N) is 2. The summed E-state index contributed by atoms with van der Waals surface area (Å²) in [7, 11) is 1.42. The number of nitrogens with one attached hydrogen (secondary N) is 2. The summed E-state index contributed by atoms with van der Waals surface area (Å²) < 4.78 is 9.99. The summed E-state index contributed by atoms with van der Waals surface area (Å²) in [5.74, 6) is 0.798. The molecule has 1 fully saturated rings. The molecule has 10 heteroatoms. The van der Waals surface area contributed by atoms with Gasteiger partial charge in [0.2, 0.25) is 0 Å². The van der Waals surface area contributed by atoms with Gasteiger partial charge in [-0.05, 0) is 56.5 Å². The van der Waals surface area contributed by atoms with Crippen LogP contribution in [-0.2, 0) is 19.7 Å². The average molecular weight is 507 g/mol. The molecule has 2 N–H and O–H groups in total. The Morgan fingerprint density at radius 1 is 1.38 bits per heavy atom. The fourth-order valence-electron chi connectivity index (χ4n) is 4.86. The van der Waals surface area contributed by atoms with Crippen molar-refractivity contribution in [3.8, 4) is 0 Å². The number of likely N-dealkylation sites (tertiary alicyclic amines) is 1. The van der Waals surface area contributed by atoms with E-state index in [0.29, 0.717) is 37.6 Å². The lowest BCUT2D eigenvalue weighted by molar-refractivity contribution is -0.143. The molecule has 3 aliphatic rings. The molecule has 184 valence electrons. The van der Waals surface area contributed by atoms with E-state index in [1.165, 1.54) is 7.11 Å². The highest BCUT2D eigenvalue weighted by Crippen LogP contribution is 2.48. The van der Waals surface area contributed by atoms with Crippen molar-refractivity contribution in [2.75, 3.05) is 38.3 Å². The number of benzene rings is 1. The van der Waals surface area contributed by atoms with Crippen LogP contribution in [0.15, 0.2) is 41.2 Å². The van der Waals surface area contributed by atoms with E-state index in [0.717, 1.165) is 34.9 Å². The minimum absolute atomic E-state index is 0.0501. The van der Waals surface area contributed by atoms with Crippen LogP contribution in [0.1, 0.15) is 38.7 Å². The molecule has 1 saturated heterocycles. The molecule has 2 atom stereocenters. The van der Waals surface area contributed by atoms with E-state index in [1.54, 1.807) is 16.7 Å². The fourth-order valence-corrected chi connectivity index (χ4v) is 6.01. The summed E-state index contributed by atoms with van der Waals surface area (Å²) in [6.07, 6.45) is 5.59. The monoisotopic (exact) mass is 506 g/mol. The van der Waals surface area contributed by atoms with E-state index >= 15 is 0 Å². The van der Waals surface area contributed by atoms with Crippen LogP contribution in [0.2, 0.25) is 5.02 Å². The second-order valence-electron chi connectivity index (χ2n) is 8.57. The molecule has 0 aromatic heterocycles. The lowest BCUT2D eigenvalue weighted by atomic mass is 9.81. The molecular weight excluding hydrogens is 476 g/mol. The predicted octanol–water partition coefficient (Wildman–Crippen LogP) is 4.13. The first-order chi connectivity index (χ1) is 16.4. The lowest BCUT2D eigenvalue weighted by Gasteiger charge is -2.29. The highest BCUT2D eigenvalue weighted by molar-refractivity contribution is 8.03. The van der Waals surface area contributed by atoms with Crippen molar-refractivity contribution in [2.45, 2.75) is 44.0 Å². The standard InChI is InChI=1S/C24H31ClN4O4S/c1-4-20(27-22-26-13-17(34-22)7-9-21(30)33-5-2)29-15-24(10-11-28(14-24)23(31)32-3)18-12-16(25)6-8-19(18)29/h4,6,8,12-13,22,26-27H,5,7,9-11,14-15H2,1-3H3. The van der Waals surface area contributed by atoms with Crippen LogP contribution in [0.3, 0.4) is 0 Å². The van der Waals surface area contributed by atoms with Gasteiger partial charge in [-0.25, -0.2) is 4.79 Å². The highest BCUT2D eigenvalue weighted by atomic mass is 35.5. The third-order valence-corrected chi connectivity index (χ3v) is 7.81. The molecular formula is C24H31ClN4O4S. The molecule has 1 amide bonds. The molecule has 1 aromatic carbocycles. The van der Waals surface area contributed by atoms with Gasteiger partial charge < -0.3 is 29.9 Å².